The van der Waals surface area contributed by atoms with E-state index in [0.717, 1.165) is 19.2 Å². The molecule has 1 N–H and O–H groups in total. The molecule has 6 nitrogen and oxygen atoms in total. The zero-order valence-electron chi connectivity index (χ0n) is 9.14. The van der Waals surface area contributed by atoms with Gasteiger partial charge in [-0.15, -0.1) is 3.89 Å². The van der Waals surface area contributed by atoms with Gasteiger partial charge in [0.1, 0.15) is 0 Å². The summed E-state index contributed by atoms with van der Waals surface area (Å²) in [6.07, 6.45) is 0. The lowest BCUT2D eigenvalue weighted by atomic mass is 10.1. The Hall–Kier alpha value is -1.96. The minimum Gasteiger partial charge on any atom is -0.467 e. The van der Waals surface area contributed by atoms with Gasteiger partial charge in [-0.05, 0) is 17.7 Å². The molecule has 0 saturated heterocycles. The second-order valence-electron chi connectivity index (χ2n) is 3.62. The van der Waals surface area contributed by atoms with Crippen molar-refractivity contribution in [1.82, 2.24) is 5.32 Å². The first-order valence-corrected chi connectivity index (χ1v) is 6.20. The zero-order valence-corrected chi connectivity index (χ0v) is 9.95. The van der Waals surface area contributed by atoms with E-state index in [1.807, 2.05) is 0 Å². The van der Waals surface area contributed by atoms with E-state index in [2.05, 4.69) is 10.1 Å². The molecule has 0 unspecified atom stereocenters. The highest BCUT2D eigenvalue weighted by atomic mass is 32.3. The van der Waals surface area contributed by atoms with E-state index < -0.39 is 33.0 Å². The van der Waals surface area contributed by atoms with Crippen LogP contribution in [0.2, 0.25) is 0 Å². The van der Waals surface area contributed by atoms with Gasteiger partial charge in [0.25, 0.3) is 5.91 Å². The Morgan fingerprint density at radius 1 is 1.44 bits per heavy atom. The molecule has 0 spiro atoms. The summed E-state index contributed by atoms with van der Waals surface area (Å²) in [6, 6.07) is 2.10. The van der Waals surface area contributed by atoms with Crippen LogP contribution < -0.4 is 5.32 Å². The minimum absolute atomic E-state index is 0.0517. The molecule has 0 saturated carbocycles. The number of rotatable bonds is 2. The Labute approximate surface area is 102 Å². The molecule has 1 atom stereocenters. The lowest BCUT2D eigenvalue weighted by Crippen LogP contribution is -2.26. The molecular formula is C10H8FNO5S. The van der Waals surface area contributed by atoms with Gasteiger partial charge in [0.15, 0.2) is 6.04 Å². The summed E-state index contributed by atoms with van der Waals surface area (Å²) in [4.78, 5) is 22.3. The Kier molecular flexibility index (Phi) is 2.81. The first kappa shape index (κ1) is 12.5. The van der Waals surface area contributed by atoms with Gasteiger partial charge in [-0.25, -0.2) is 4.79 Å². The SMILES string of the molecule is COC(=O)[C@H]1NC(=O)c2cc(S(=O)(=O)F)ccc21. The van der Waals surface area contributed by atoms with E-state index >= 15 is 0 Å². The highest BCUT2D eigenvalue weighted by Crippen LogP contribution is 2.28. The first-order chi connectivity index (χ1) is 8.34. The second kappa shape index (κ2) is 4.05. The molecule has 1 heterocycles. The fraction of sp³-hybridized carbons (Fsp3) is 0.200. The Morgan fingerprint density at radius 2 is 2.11 bits per heavy atom. The van der Waals surface area contributed by atoms with E-state index in [-0.39, 0.29) is 11.1 Å². The van der Waals surface area contributed by atoms with Crippen molar-refractivity contribution in [1.29, 1.82) is 0 Å². The van der Waals surface area contributed by atoms with Crippen LogP contribution in [-0.4, -0.2) is 27.4 Å². The largest absolute Gasteiger partial charge is 0.467 e. The summed E-state index contributed by atoms with van der Waals surface area (Å²) >= 11 is 0. The van der Waals surface area contributed by atoms with E-state index in [0.29, 0.717) is 0 Å². The van der Waals surface area contributed by atoms with Gasteiger partial charge in [0.05, 0.1) is 12.0 Å². The van der Waals surface area contributed by atoms with Gasteiger partial charge in [0.2, 0.25) is 0 Å². The number of benzene rings is 1. The van der Waals surface area contributed by atoms with Gasteiger partial charge in [-0.2, -0.15) is 8.42 Å². The molecule has 1 aliphatic heterocycles. The topological polar surface area (TPSA) is 89.5 Å². The second-order valence-corrected chi connectivity index (χ2v) is 4.96. The molecule has 0 bridgehead atoms. The number of ether oxygens (including phenoxy) is 1. The van der Waals surface area contributed by atoms with E-state index in [9.17, 15) is 21.9 Å². The number of hydrogen-bond acceptors (Lipinski definition) is 5. The third-order valence-electron chi connectivity index (χ3n) is 2.57. The Bertz CT molecular complexity index is 640. The number of fused-ring (bicyclic) bond motifs is 1. The third-order valence-corrected chi connectivity index (χ3v) is 3.39. The molecule has 2 rings (SSSR count). The number of carbonyl (C=O) groups excluding carboxylic acids is 2. The van der Waals surface area contributed by atoms with Crippen molar-refractivity contribution < 1.29 is 26.6 Å². The quantitative estimate of drug-likeness (QED) is 0.618. The number of halogens is 1. The summed E-state index contributed by atoms with van der Waals surface area (Å²) in [7, 11) is -3.73. The van der Waals surface area contributed by atoms with Crippen molar-refractivity contribution in [2.45, 2.75) is 10.9 Å². The standard InChI is InChI=1S/C10H8FNO5S/c1-17-10(14)8-6-3-2-5(18(11,15)16)4-7(6)9(13)12-8/h2-4,8H,1H3,(H,12,13)/t8-/m0/s1. The van der Waals surface area contributed by atoms with Crippen LogP contribution in [0.1, 0.15) is 22.0 Å². The Morgan fingerprint density at radius 3 is 2.67 bits per heavy atom. The molecule has 0 aromatic heterocycles. The number of carbonyl (C=O) groups is 2. The molecule has 0 fully saturated rings. The maximum absolute atomic E-state index is 12.8. The van der Waals surface area contributed by atoms with Crippen molar-refractivity contribution >= 4 is 22.1 Å². The van der Waals surface area contributed by atoms with Crippen LogP contribution in [0.25, 0.3) is 0 Å². The average Bonchev–Trinajstić information content (AvgIpc) is 2.64. The van der Waals surface area contributed by atoms with Crippen molar-refractivity contribution in [3.63, 3.8) is 0 Å². The highest BCUT2D eigenvalue weighted by molar-refractivity contribution is 7.86. The first-order valence-electron chi connectivity index (χ1n) is 4.82. The van der Waals surface area contributed by atoms with Crippen molar-refractivity contribution in [2.75, 3.05) is 7.11 Å². The predicted molar refractivity (Wildman–Crippen MR) is 57.0 cm³/mol. The van der Waals surface area contributed by atoms with E-state index in [4.69, 9.17) is 0 Å². The summed E-state index contributed by atoms with van der Waals surface area (Å²) in [6.45, 7) is 0. The molecule has 1 amide bonds. The number of amides is 1. The molecule has 0 aliphatic carbocycles. The molecule has 18 heavy (non-hydrogen) atoms. The maximum Gasteiger partial charge on any atom is 0.333 e. The molecular weight excluding hydrogens is 265 g/mol. The maximum atomic E-state index is 12.8. The molecule has 1 aromatic carbocycles. The van der Waals surface area contributed by atoms with Crippen LogP contribution in [0.4, 0.5) is 3.89 Å². The monoisotopic (exact) mass is 273 g/mol. The lowest BCUT2D eigenvalue weighted by Gasteiger charge is -2.08. The molecule has 1 aromatic rings. The fourth-order valence-corrected chi connectivity index (χ4v) is 2.21. The lowest BCUT2D eigenvalue weighted by molar-refractivity contribution is -0.142. The van der Waals surface area contributed by atoms with E-state index in [1.54, 1.807) is 0 Å². The number of hydrogen-bond donors (Lipinski definition) is 1. The van der Waals surface area contributed by atoms with Gasteiger partial charge in [-0.1, -0.05) is 6.07 Å². The number of methoxy groups -OCH3 is 1. The van der Waals surface area contributed by atoms with Gasteiger partial charge in [-0.3, -0.25) is 4.79 Å². The van der Waals surface area contributed by atoms with Crippen LogP contribution >= 0.6 is 0 Å². The fourth-order valence-electron chi connectivity index (χ4n) is 1.73. The minimum atomic E-state index is -4.89. The summed E-state index contributed by atoms with van der Waals surface area (Å²) in [5, 5.41) is 2.32. The molecule has 1 aliphatic rings. The normalized spacial score (nSPS) is 18.1. The van der Waals surface area contributed by atoms with Crippen molar-refractivity contribution in [3.05, 3.63) is 29.3 Å². The predicted octanol–water partition coefficient (Wildman–Crippen LogP) is 0.302. The number of esters is 1. The van der Waals surface area contributed by atoms with Crippen LogP contribution in [0.15, 0.2) is 23.1 Å². The summed E-state index contributed by atoms with van der Waals surface area (Å²) in [5.74, 6) is -1.33. The average molecular weight is 273 g/mol. The molecule has 8 heteroatoms. The van der Waals surface area contributed by atoms with Crippen molar-refractivity contribution in [2.24, 2.45) is 0 Å². The number of nitrogens with one attached hydrogen (secondary N) is 1. The van der Waals surface area contributed by atoms with Crippen LogP contribution in [-0.2, 0) is 19.8 Å². The summed E-state index contributed by atoms with van der Waals surface area (Å²) in [5.41, 5.74) is 0.211. The highest BCUT2D eigenvalue weighted by Gasteiger charge is 2.35. The smallest absolute Gasteiger partial charge is 0.333 e. The van der Waals surface area contributed by atoms with Gasteiger partial charge >= 0.3 is 16.2 Å². The van der Waals surface area contributed by atoms with Crippen LogP contribution in [0, 0.1) is 0 Å². The summed E-state index contributed by atoms with van der Waals surface area (Å²) < 4.78 is 38.7. The van der Waals surface area contributed by atoms with Crippen LogP contribution in [0.3, 0.4) is 0 Å². The van der Waals surface area contributed by atoms with E-state index in [1.165, 1.54) is 6.07 Å². The Balaban J connectivity index is 2.53. The third kappa shape index (κ3) is 1.94. The van der Waals surface area contributed by atoms with Crippen molar-refractivity contribution in [3.8, 4) is 0 Å². The van der Waals surface area contributed by atoms with Crippen LogP contribution in [0.5, 0.6) is 0 Å². The van der Waals surface area contributed by atoms with Gasteiger partial charge < -0.3 is 10.1 Å². The molecule has 96 valence electrons. The van der Waals surface area contributed by atoms with Gasteiger partial charge in [0, 0.05) is 5.56 Å². The zero-order chi connectivity index (χ0) is 13.5. The molecule has 0 radical (unpaired) electrons.